The van der Waals surface area contributed by atoms with Gasteiger partial charge in [0.25, 0.3) is 11.8 Å². The molecular weight excluding hydrogens is 370 g/mol. The number of aromatic nitrogens is 2. The minimum Gasteiger partial charge on any atom is -0.376 e. The van der Waals surface area contributed by atoms with Crippen LogP contribution in [0, 0.1) is 0 Å². The van der Waals surface area contributed by atoms with Crippen LogP contribution in [-0.4, -0.2) is 72.1 Å². The van der Waals surface area contributed by atoms with Crippen molar-refractivity contribution in [3.63, 3.8) is 0 Å². The maximum atomic E-state index is 12.9. The van der Waals surface area contributed by atoms with Gasteiger partial charge >= 0.3 is 0 Å². The van der Waals surface area contributed by atoms with Crippen LogP contribution in [0.3, 0.4) is 0 Å². The highest BCUT2D eigenvalue weighted by Gasteiger charge is 2.24. The van der Waals surface area contributed by atoms with Crippen molar-refractivity contribution < 1.29 is 14.3 Å². The van der Waals surface area contributed by atoms with Gasteiger partial charge in [0.05, 0.1) is 6.10 Å². The molecule has 152 valence electrons. The number of hydrogen-bond acceptors (Lipinski definition) is 6. The summed E-state index contributed by atoms with van der Waals surface area (Å²) in [4.78, 5) is 37.8. The zero-order valence-electron chi connectivity index (χ0n) is 16.3. The van der Waals surface area contributed by atoms with E-state index in [-0.39, 0.29) is 23.6 Å². The second kappa shape index (κ2) is 9.00. The summed E-state index contributed by atoms with van der Waals surface area (Å²) in [6.07, 6.45) is 3.82. The van der Waals surface area contributed by atoms with Crippen molar-refractivity contribution in [2.24, 2.45) is 0 Å². The molecular formula is C21H25N5O3. The first-order valence-corrected chi connectivity index (χ1v) is 10.0. The zero-order chi connectivity index (χ0) is 20.1. The predicted octanol–water partition coefficient (Wildman–Crippen LogP) is 1.35. The maximum absolute atomic E-state index is 12.9. The van der Waals surface area contributed by atoms with Crippen LogP contribution in [0.5, 0.6) is 0 Å². The number of piperazine rings is 1. The fraction of sp³-hybridized carbons (Fsp3) is 0.429. The lowest BCUT2D eigenvalue weighted by molar-refractivity contribution is 0.0740. The average Bonchev–Trinajstić information content (AvgIpc) is 3.31. The van der Waals surface area contributed by atoms with Crippen molar-refractivity contribution >= 4 is 17.6 Å². The van der Waals surface area contributed by atoms with Gasteiger partial charge in [-0.25, -0.2) is 9.97 Å². The lowest BCUT2D eigenvalue weighted by atomic mass is 10.2. The van der Waals surface area contributed by atoms with Gasteiger partial charge in [0.1, 0.15) is 17.2 Å². The minimum atomic E-state index is -0.282. The molecule has 0 bridgehead atoms. The van der Waals surface area contributed by atoms with Crippen LogP contribution < -0.4 is 10.2 Å². The third-order valence-electron chi connectivity index (χ3n) is 5.26. The molecule has 4 rings (SSSR count). The molecule has 1 N–H and O–H groups in total. The summed E-state index contributed by atoms with van der Waals surface area (Å²) in [6, 6.07) is 10.8. The molecule has 0 aliphatic carbocycles. The van der Waals surface area contributed by atoms with Gasteiger partial charge in [-0.2, -0.15) is 0 Å². The SMILES string of the molecule is O=C(NCC1CCCO1)c1cccc(C(=O)N2CCN(c3ccccn3)CC2)n1. The molecule has 8 nitrogen and oxygen atoms in total. The van der Waals surface area contributed by atoms with Crippen molar-refractivity contribution in [1.82, 2.24) is 20.2 Å². The van der Waals surface area contributed by atoms with E-state index in [1.165, 1.54) is 0 Å². The van der Waals surface area contributed by atoms with Crippen LogP contribution in [0.15, 0.2) is 42.6 Å². The number of nitrogens with one attached hydrogen (secondary N) is 1. The number of amides is 2. The van der Waals surface area contributed by atoms with E-state index in [0.29, 0.717) is 38.4 Å². The molecule has 2 aliphatic heterocycles. The normalized spacial score (nSPS) is 19.2. The number of nitrogens with zero attached hydrogens (tertiary/aromatic N) is 4. The lowest BCUT2D eigenvalue weighted by Crippen LogP contribution is -2.49. The molecule has 2 saturated heterocycles. The van der Waals surface area contributed by atoms with Crippen LogP contribution in [0.1, 0.15) is 33.8 Å². The van der Waals surface area contributed by atoms with E-state index in [9.17, 15) is 9.59 Å². The van der Waals surface area contributed by atoms with E-state index < -0.39 is 0 Å². The van der Waals surface area contributed by atoms with Gasteiger partial charge in [-0.15, -0.1) is 0 Å². The topological polar surface area (TPSA) is 87.7 Å². The summed E-state index contributed by atoms with van der Waals surface area (Å²) < 4.78 is 5.52. The number of carbonyl (C=O) groups is 2. The summed E-state index contributed by atoms with van der Waals surface area (Å²) in [5.74, 6) is 0.484. The van der Waals surface area contributed by atoms with Crippen LogP contribution in [-0.2, 0) is 4.74 Å². The third-order valence-corrected chi connectivity index (χ3v) is 5.26. The number of anilines is 1. The van der Waals surface area contributed by atoms with Gasteiger partial charge in [-0.3, -0.25) is 9.59 Å². The predicted molar refractivity (Wildman–Crippen MR) is 108 cm³/mol. The molecule has 2 fully saturated rings. The van der Waals surface area contributed by atoms with Gasteiger partial charge in [0, 0.05) is 45.5 Å². The number of carbonyl (C=O) groups excluding carboxylic acids is 2. The first-order chi connectivity index (χ1) is 14.2. The molecule has 0 aromatic carbocycles. The summed E-state index contributed by atoms with van der Waals surface area (Å²) >= 11 is 0. The maximum Gasteiger partial charge on any atom is 0.272 e. The Morgan fingerprint density at radius 2 is 1.90 bits per heavy atom. The van der Waals surface area contributed by atoms with E-state index in [2.05, 4.69) is 20.2 Å². The van der Waals surface area contributed by atoms with Crippen LogP contribution in [0.4, 0.5) is 5.82 Å². The number of rotatable bonds is 5. The van der Waals surface area contributed by atoms with E-state index in [1.807, 2.05) is 18.2 Å². The monoisotopic (exact) mass is 395 g/mol. The summed E-state index contributed by atoms with van der Waals surface area (Å²) in [5.41, 5.74) is 0.544. The molecule has 1 atom stereocenters. The van der Waals surface area contributed by atoms with Crippen LogP contribution in [0.25, 0.3) is 0 Å². The molecule has 1 unspecified atom stereocenters. The second-order valence-corrected chi connectivity index (χ2v) is 7.22. The second-order valence-electron chi connectivity index (χ2n) is 7.22. The molecule has 0 radical (unpaired) electrons. The average molecular weight is 395 g/mol. The van der Waals surface area contributed by atoms with Gasteiger partial charge < -0.3 is 19.9 Å². The number of ether oxygens (including phenoxy) is 1. The van der Waals surface area contributed by atoms with Crippen molar-refractivity contribution in [3.8, 4) is 0 Å². The number of hydrogen-bond donors (Lipinski definition) is 1. The van der Waals surface area contributed by atoms with Gasteiger partial charge in [-0.1, -0.05) is 12.1 Å². The Kier molecular flexibility index (Phi) is 6.00. The number of pyridine rings is 2. The van der Waals surface area contributed by atoms with E-state index in [4.69, 9.17) is 4.74 Å². The molecule has 2 aromatic heterocycles. The van der Waals surface area contributed by atoms with E-state index >= 15 is 0 Å². The molecule has 0 spiro atoms. The Balaban J connectivity index is 1.34. The van der Waals surface area contributed by atoms with Gasteiger partial charge in [0.15, 0.2) is 0 Å². The first kappa shape index (κ1) is 19.3. The fourth-order valence-corrected chi connectivity index (χ4v) is 3.62. The Morgan fingerprint density at radius 1 is 1.07 bits per heavy atom. The van der Waals surface area contributed by atoms with E-state index in [0.717, 1.165) is 25.3 Å². The molecule has 2 aromatic rings. The van der Waals surface area contributed by atoms with Crippen molar-refractivity contribution in [2.45, 2.75) is 18.9 Å². The smallest absolute Gasteiger partial charge is 0.272 e. The first-order valence-electron chi connectivity index (χ1n) is 10.0. The highest BCUT2D eigenvalue weighted by atomic mass is 16.5. The van der Waals surface area contributed by atoms with Gasteiger partial charge in [0.2, 0.25) is 0 Å². The summed E-state index contributed by atoms with van der Waals surface area (Å²) in [6.45, 7) is 3.82. The van der Waals surface area contributed by atoms with Gasteiger partial charge in [-0.05, 0) is 37.1 Å². The highest BCUT2D eigenvalue weighted by Crippen LogP contribution is 2.14. The Hall–Kier alpha value is -3.00. The standard InChI is InChI=1S/C21H25N5O3/c27-20(23-15-16-5-4-14-29-16)17-6-3-7-18(24-17)21(28)26-12-10-25(11-13-26)19-8-1-2-9-22-19/h1-3,6-9,16H,4-5,10-15H2,(H,23,27). The Bertz CT molecular complexity index is 846. The molecule has 2 aliphatic rings. The summed E-state index contributed by atoms with van der Waals surface area (Å²) in [7, 11) is 0. The lowest BCUT2D eigenvalue weighted by Gasteiger charge is -2.35. The molecule has 0 saturated carbocycles. The molecule has 29 heavy (non-hydrogen) atoms. The molecule has 4 heterocycles. The highest BCUT2D eigenvalue weighted by molar-refractivity contribution is 5.96. The Morgan fingerprint density at radius 3 is 2.62 bits per heavy atom. The largest absolute Gasteiger partial charge is 0.376 e. The molecule has 2 amide bonds. The van der Waals surface area contributed by atoms with Crippen molar-refractivity contribution in [1.29, 1.82) is 0 Å². The summed E-state index contributed by atoms with van der Waals surface area (Å²) in [5, 5.41) is 2.85. The fourth-order valence-electron chi connectivity index (χ4n) is 3.62. The van der Waals surface area contributed by atoms with Crippen molar-refractivity contribution in [3.05, 3.63) is 54.0 Å². The molecule has 8 heteroatoms. The quantitative estimate of drug-likeness (QED) is 0.822. The Labute approximate surface area is 169 Å². The van der Waals surface area contributed by atoms with Crippen LogP contribution in [0.2, 0.25) is 0 Å². The zero-order valence-corrected chi connectivity index (χ0v) is 16.3. The van der Waals surface area contributed by atoms with Crippen LogP contribution >= 0.6 is 0 Å². The van der Waals surface area contributed by atoms with E-state index in [1.54, 1.807) is 29.3 Å². The third kappa shape index (κ3) is 4.71. The van der Waals surface area contributed by atoms with Crippen molar-refractivity contribution in [2.75, 3.05) is 44.2 Å². The minimum absolute atomic E-state index is 0.0687.